The maximum Gasteiger partial charge on any atom is 0.356 e. The summed E-state index contributed by atoms with van der Waals surface area (Å²) in [6, 6.07) is 11.4. The van der Waals surface area contributed by atoms with Crippen molar-refractivity contribution in [1.29, 1.82) is 0 Å². The number of H-pyrrole nitrogens is 1. The Morgan fingerprint density at radius 3 is 2.79 bits per heavy atom. The fourth-order valence-corrected chi connectivity index (χ4v) is 4.02. The molecule has 3 heterocycles. The van der Waals surface area contributed by atoms with Crippen molar-refractivity contribution >= 4 is 28.2 Å². The lowest BCUT2D eigenvalue weighted by Gasteiger charge is -2.06. The van der Waals surface area contributed by atoms with E-state index in [-0.39, 0.29) is 0 Å². The zero-order valence-corrected chi connectivity index (χ0v) is 16.6. The Bertz CT molecular complexity index is 1160. The number of aromatic nitrogens is 3. The number of ether oxygens (including phenoxy) is 2. The first-order valence-corrected chi connectivity index (χ1v) is 9.56. The van der Waals surface area contributed by atoms with Crippen molar-refractivity contribution in [3.63, 3.8) is 0 Å². The van der Waals surface area contributed by atoms with E-state index in [1.54, 1.807) is 24.5 Å². The molecule has 0 aliphatic carbocycles. The SMILES string of the molecule is COC(=O)c1cccc(Cc2c(-c3cnc(C)s3)[nH]c3cc(OC)ccc23)n1. The zero-order valence-electron chi connectivity index (χ0n) is 15.8. The number of aryl methyl sites for hydroxylation is 1. The lowest BCUT2D eigenvalue weighted by atomic mass is 10.0. The topological polar surface area (TPSA) is 77.1 Å². The van der Waals surface area contributed by atoms with E-state index in [9.17, 15) is 4.79 Å². The van der Waals surface area contributed by atoms with Crippen molar-refractivity contribution in [2.75, 3.05) is 14.2 Å². The van der Waals surface area contributed by atoms with Crippen LogP contribution in [0.3, 0.4) is 0 Å². The lowest BCUT2D eigenvalue weighted by Crippen LogP contribution is -2.06. The van der Waals surface area contributed by atoms with E-state index < -0.39 is 5.97 Å². The average Bonchev–Trinajstić information content (AvgIpc) is 3.30. The molecule has 0 saturated heterocycles. The maximum atomic E-state index is 11.8. The Labute approximate surface area is 166 Å². The van der Waals surface area contributed by atoms with Crippen LogP contribution in [0.4, 0.5) is 0 Å². The standard InChI is InChI=1S/C21H19N3O3S/c1-12-22-11-19(28-12)20-16(15-8-7-14(26-2)10-18(15)24-20)9-13-5-4-6-17(23-13)21(25)27-3/h4-8,10-11,24H,9H2,1-3H3. The molecule has 0 amide bonds. The van der Waals surface area contributed by atoms with Crippen molar-refractivity contribution in [2.45, 2.75) is 13.3 Å². The van der Waals surface area contributed by atoms with Gasteiger partial charge in [-0.2, -0.15) is 0 Å². The van der Waals surface area contributed by atoms with Crippen LogP contribution in [0.15, 0.2) is 42.6 Å². The van der Waals surface area contributed by atoms with Crippen LogP contribution >= 0.6 is 11.3 Å². The van der Waals surface area contributed by atoms with Crippen molar-refractivity contribution in [3.05, 3.63) is 64.6 Å². The monoisotopic (exact) mass is 393 g/mol. The lowest BCUT2D eigenvalue weighted by molar-refractivity contribution is 0.0593. The predicted octanol–water partition coefficient (Wildman–Crippen LogP) is 4.38. The molecule has 1 aromatic carbocycles. The number of nitrogens with one attached hydrogen (secondary N) is 1. The third kappa shape index (κ3) is 3.36. The molecule has 28 heavy (non-hydrogen) atoms. The number of carbonyl (C=O) groups is 1. The molecule has 1 N–H and O–H groups in total. The molecule has 0 aliphatic heterocycles. The summed E-state index contributed by atoms with van der Waals surface area (Å²) in [5.41, 5.74) is 4.20. The van der Waals surface area contributed by atoms with Gasteiger partial charge in [-0.25, -0.2) is 14.8 Å². The minimum Gasteiger partial charge on any atom is -0.497 e. The minimum absolute atomic E-state index is 0.302. The second-order valence-corrected chi connectivity index (χ2v) is 7.55. The van der Waals surface area contributed by atoms with Crippen LogP contribution in [-0.2, 0) is 11.2 Å². The van der Waals surface area contributed by atoms with Gasteiger partial charge in [-0.15, -0.1) is 11.3 Å². The fraction of sp³-hybridized carbons (Fsp3) is 0.190. The van der Waals surface area contributed by atoms with Crippen LogP contribution in [-0.4, -0.2) is 35.1 Å². The fourth-order valence-electron chi connectivity index (χ4n) is 3.21. The Kier molecular flexibility index (Phi) is 4.83. The molecular formula is C21H19N3O3S. The van der Waals surface area contributed by atoms with Crippen LogP contribution in [0.1, 0.15) is 26.8 Å². The minimum atomic E-state index is -0.441. The van der Waals surface area contributed by atoms with Gasteiger partial charge >= 0.3 is 5.97 Å². The van der Waals surface area contributed by atoms with Crippen LogP contribution in [0.25, 0.3) is 21.5 Å². The largest absolute Gasteiger partial charge is 0.497 e. The summed E-state index contributed by atoms with van der Waals surface area (Å²) >= 11 is 1.63. The van der Waals surface area contributed by atoms with Crippen LogP contribution < -0.4 is 4.74 Å². The molecule has 3 aromatic heterocycles. The summed E-state index contributed by atoms with van der Waals surface area (Å²) in [6.45, 7) is 1.99. The van der Waals surface area contributed by atoms with Crippen LogP contribution in [0, 0.1) is 6.92 Å². The molecule has 0 unspecified atom stereocenters. The zero-order chi connectivity index (χ0) is 19.7. The van der Waals surface area contributed by atoms with Crippen LogP contribution in [0.5, 0.6) is 5.75 Å². The number of esters is 1. The second-order valence-electron chi connectivity index (χ2n) is 6.32. The van der Waals surface area contributed by atoms with Crippen molar-refractivity contribution in [3.8, 4) is 16.3 Å². The number of hydrogen-bond acceptors (Lipinski definition) is 6. The number of rotatable bonds is 5. The van der Waals surface area contributed by atoms with E-state index in [0.717, 1.165) is 43.5 Å². The number of methoxy groups -OCH3 is 2. The average molecular weight is 393 g/mol. The van der Waals surface area contributed by atoms with E-state index in [4.69, 9.17) is 9.47 Å². The Balaban J connectivity index is 1.84. The summed E-state index contributed by atoms with van der Waals surface area (Å²) in [4.78, 5) is 25.3. The van der Waals surface area contributed by atoms with Crippen molar-refractivity contribution in [2.24, 2.45) is 0 Å². The highest BCUT2D eigenvalue weighted by Crippen LogP contribution is 2.36. The quantitative estimate of drug-likeness (QED) is 0.509. The molecule has 7 heteroatoms. The highest BCUT2D eigenvalue weighted by Gasteiger charge is 2.17. The first-order valence-electron chi connectivity index (χ1n) is 8.74. The van der Waals surface area contributed by atoms with Crippen molar-refractivity contribution in [1.82, 2.24) is 15.0 Å². The van der Waals surface area contributed by atoms with Gasteiger partial charge in [0.15, 0.2) is 0 Å². The Morgan fingerprint density at radius 1 is 1.21 bits per heavy atom. The van der Waals surface area contributed by atoms with Gasteiger partial charge in [0.2, 0.25) is 0 Å². The highest BCUT2D eigenvalue weighted by atomic mass is 32.1. The molecule has 4 rings (SSSR count). The number of fused-ring (bicyclic) bond motifs is 1. The first-order chi connectivity index (χ1) is 13.6. The van der Waals surface area contributed by atoms with E-state index >= 15 is 0 Å². The molecule has 0 bridgehead atoms. The number of hydrogen-bond donors (Lipinski definition) is 1. The van der Waals surface area contributed by atoms with Gasteiger partial charge in [0.25, 0.3) is 0 Å². The molecule has 0 fully saturated rings. The molecular weight excluding hydrogens is 374 g/mol. The number of benzene rings is 1. The molecule has 0 aliphatic rings. The molecule has 0 atom stereocenters. The van der Waals surface area contributed by atoms with E-state index in [1.807, 2.05) is 43.5 Å². The number of aromatic amines is 1. The molecule has 6 nitrogen and oxygen atoms in total. The van der Waals surface area contributed by atoms with E-state index in [1.165, 1.54) is 7.11 Å². The van der Waals surface area contributed by atoms with Crippen LogP contribution in [0.2, 0.25) is 0 Å². The first kappa shape index (κ1) is 18.2. The van der Waals surface area contributed by atoms with Gasteiger partial charge in [-0.1, -0.05) is 6.07 Å². The van der Waals surface area contributed by atoms with Gasteiger partial charge in [-0.3, -0.25) is 0 Å². The van der Waals surface area contributed by atoms with Gasteiger partial charge in [-0.05, 0) is 36.8 Å². The van der Waals surface area contributed by atoms with Gasteiger partial charge < -0.3 is 14.5 Å². The summed E-state index contributed by atoms with van der Waals surface area (Å²) in [6.07, 6.45) is 2.45. The van der Waals surface area contributed by atoms with E-state index in [2.05, 4.69) is 15.0 Å². The number of pyridine rings is 1. The number of nitrogens with zero attached hydrogens (tertiary/aromatic N) is 2. The number of carbonyl (C=O) groups excluding carboxylic acids is 1. The normalized spacial score (nSPS) is 11.0. The smallest absolute Gasteiger partial charge is 0.356 e. The van der Waals surface area contributed by atoms with Gasteiger partial charge in [0.05, 0.1) is 29.8 Å². The van der Waals surface area contributed by atoms with Gasteiger partial charge in [0, 0.05) is 35.3 Å². The Morgan fingerprint density at radius 2 is 2.07 bits per heavy atom. The summed E-state index contributed by atoms with van der Waals surface area (Å²) in [5, 5.41) is 2.09. The second kappa shape index (κ2) is 7.44. The highest BCUT2D eigenvalue weighted by molar-refractivity contribution is 7.15. The van der Waals surface area contributed by atoms with Gasteiger partial charge in [0.1, 0.15) is 11.4 Å². The summed E-state index contributed by atoms with van der Waals surface area (Å²) < 4.78 is 10.2. The molecule has 142 valence electrons. The molecule has 0 spiro atoms. The molecule has 0 radical (unpaired) electrons. The maximum absolute atomic E-state index is 11.8. The third-order valence-electron chi connectivity index (χ3n) is 4.54. The summed E-state index contributed by atoms with van der Waals surface area (Å²) in [7, 11) is 3.01. The molecule has 4 aromatic rings. The Hall–Kier alpha value is -3.19. The number of thiazole rings is 1. The molecule has 0 saturated carbocycles. The van der Waals surface area contributed by atoms with E-state index in [0.29, 0.717) is 12.1 Å². The van der Waals surface area contributed by atoms with Crippen molar-refractivity contribution < 1.29 is 14.3 Å². The third-order valence-corrected chi connectivity index (χ3v) is 5.47. The summed E-state index contributed by atoms with van der Waals surface area (Å²) in [5.74, 6) is 0.349. The predicted molar refractivity (Wildman–Crippen MR) is 109 cm³/mol.